The Balaban J connectivity index is 1.48. The van der Waals surface area contributed by atoms with Crippen LogP contribution in [-0.4, -0.2) is 50.6 Å². The number of nitrogens with one attached hydrogen (secondary N) is 1. The van der Waals surface area contributed by atoms with E-state index >= 15 is 0 Å². The normalized spacial score (nSPS) is 15.4. The Morgan fingerprint density at radius 1 is 1.04 bits per heavy atom. The largest absolute Gasteiger partial charge is 0.368 e. The van der Waals surface area contributed by atoms with Crippen molar-refractivity contribution in [3.63, 3.8) is 0 Å². The molecule has 2 aromatic carbocycles. The van der Waals surface area contributed by atoms with Crippen molar-refractivity contribution >= 4 is 11.6 Å². The summed E-state index contributed by atoms with van der Waals surface area (Å²) in [5.41, 5.74) is 2.27. The van der Waals surface area contributed by atoms with Gasteiger partial charge in [0.2, 0.25) is 0 Å². The van der Waals surface area contributed by atoms with Gasteiger partial charge in [0.15, 0.2) is 5.96 Å². The third-order valence-corrected chi connectivity index (χ3v) is 4.50. The predicted molar refractivity (Wildman–Crippen MR) is 102 cm³/mol. The van der Waals surface area contributed by atoms with E-state index in [4.69, 9.17) is 0 Å². The van der Waals surface area contributed by atoms with E-state index in [1.807, 2.05) is 19.2 Å². The molecule has 3 rings (SSSR count). The molecule has 2 aromatic rings. The number of halogens is 1. The van der Waals surface area contributed by atoms with E-state index in [-0.39, 0.29) is 5.82 Å². The van der Waals surface area contributed by atoms with Crippen molar-refractivity contribution in [1.29, 1.82) is 0 Å². The second-order valence-corrected chi connectivity index (χ2v) is 6.16. The zero-order valence-corrected chi connectivity index (χ0v) is 14.7. The van der Waals surface area contributed by atoms with Crippen LogP contribution in [-0.2, 0) is 6.42 Å². The zero-order chi connectivity index (χ0) is 17.5. The predicted octanol–water partition coefficient (Wildman–Crippen LogP) is 2.77. The van der Waals surface area contributed by atoms with Crippen LogP contribution in [0.3, 0.4) is 0 Å². The third-order valence-electron chi connectivity index (χ3n) is 4.50. The lowest BCUT2D eigenvalue weighted by Gasteiger charge is -2.37. The number of piperazine rings is 1. The van der Waals surface area contributed by atoms with Gasteiger partial charge in [-0.15, -0.1) is 0 Å². The fraction of sp³-hybridized carbons (Fsp3) is 0.350. The smallest absolute Gasteiger partial charge is 0.193 e. The lowest BCUT2D eigenvalue weighted by Crippen LogP contribution is -2.52. The highest BCUT2D eigenvalue weighted by atomic mass is 19.1. The van der Waals surface area contributed by atoms with E-state index in [2.05, 4.69) is 44.4 Å². The second-order valence-electron chi connectivity index (χ2n) is 6.16. The maximum Gasteiger partial charge on any atom is 0.193 e. The zero-order valence-electron chi connectivity index (χ0n) is 14.7. The van der Waals surface area contributed by atoms with E-state index in [9.17, 15) is 4.39 Å². The standard InChI is InChI=1S/C20H25FN4/c1-22-20(23-11-10-17-6-5-7-18(21)16-17)25-14-12-24(13-15-25)19-8-3-2-4-9-19/h2-9,16H,10-15H2,1H3,(H,22,23). The summed E-state index contributed by atoms with van der Waals surface area (Å²) in [7, 11) is 1.81. The molecule has 0 bridgehead atoms. The first kappa shape index (κ1) is 17.3. The lowest BCUT2D eigenvalue weighted by atomic mass is 10.1. The fourth-order valence-corrected chi connectivity index (χ4v) is 3.16. The second kappa shape index (κ2) is 8.51. The number of anilines is 1. The van der Waals surface area contributed by atoms with Gasteiger partial charge in [-0.05, 0) is 36.2 Å². The Labute approximate surface area is 149 Å². The van der Waals surface area contributed by atoms with Gasteiger partial charge >= 0.3 is 0 Å². The summed E-state index contributed by atoms with van der Waals surface area (Å²) in [5, 5.41) is 3.40. The third kappa shape index (κ3) is 4.72. The molecule has 1 aliphatic heterocycles. The van der Waals surface area contributed by atoms with E-state index in [0.717, 1.165) is 50.7 Å². The van der Waals surface area contributed by atoms with Crippen LogP contribution in [0.25, 0.3) is 0 Å². The number of benzene rings is 2. The van der Waals surface area contributed by atoms with Gasteiger partial charge in [0.1, 0.15) is 5.82 Å². The minimum absolute atomic E-state index is 0.182. The summed E-state index contributed by atoms with van der Waals surface area (Å²) >= 11 is 0. The molecule has 0 aliphatic carbocycles. The molecule has 0 spiro atoms. The van der Waals surface area contributed by atoms with E-state index in [1.54, 1.807) is 12.1 Å². The van der Waals surface area contributed by atoms with Crippen LogP contribution in [0.1, 0.15) is 5.56 Å². The molecule has 0 amide bonds. The first-order valence-electron chi connectivity index (χ1n) is 8.76. The van der Waals surface area contributed by atoms with Gasteiger partial charge in [-0.25, -0.2) is 4.39 Å². The number of hydrogen-bond acceptors (Lipinski definition) is 2. The quantitative estimate of drug-likeness (QED) is 0.686. The highest BCUT2D eigenvalue weighted by molar-refractivity contribution is 5.80. The topological polar surface area (TPSA) is 30.9 Å². The average molecular weight is 340 g/mol. The number of para-hydroxylation sites is 1. The monoisotopic (exact) mass is 340 g/mol. The van der Waals surface area contributed by atoms with E-state index < -0.39 is 0 Å². The Morgan fingerprint density at radius 3 is 2.48 bits per heavy atom. The SMILES string of the molecule is CN=C(NCCc1cccc(F)c1)N1CCN(c2ccccc2)CC1. The Hall–Kier alpha value is -2.56. The van der Waals surface area contributed by atoms with Gasteiger partial charge in [-0.1, -0.05) is 30.3 Å². The minimum Gasteiger partial charge on any atom is -0.368 e. The maximum atomic E-state index is 13.2. The van der Waals surface area contributed by atoms with Crippen LogP contribution in [0.2, 0.25) is 0 Å². The number of hydrogen-bond donors (Lipinski definition) is 1. The maximum absolute atomic E-state index is 13.2. The van der Waals surface area contributed by atoms with Gasteiger partial charge in [0, 0.05) is 45.5 Å². The summed E-state index contributed by atoms with van der Waals surface area (Å²) < 4.78 is 13.2. The molecular formula is C20H25FN4. The van der Waals surface area contributed by atoms with Gasteiger partial charge in [-0.2, -0.15) is 0 Å². The van der Waals surface area contributed by atoms with Gasteiger partial charge in [0.25, 0.3) is 0 Å². The molecule has 5 heteroatoms. The fourth-order valence-electron chi connectivity index (χ4n) is 3.16. The van der Waals surface area contributed by atoms with Crippen LogP contribution in [0.15, 0.2) is 59.6 Å². The van der Waals surface area contributed by atoms with Gasteiger partial charge in [-0.3, -0.25) is 4.99 Å². The van der Waals surface area contributed by atoms with Crippen LogP contribution in [0.5, 0.6) is 0 Å². The van der Waals surface area contributed by atoms with Crippen molar-refractivity contribution in [2.24, 2.45) is 4.99 Å². The summed E-state index contributed by atoms with van der Waals surface area (Å²) in [6.07, 6.45) is 0.779. The Morgan fingerprint density at radius 2 is 1.80 bits per heavy atom. The van der Waals surface area contributed by atoms with Crippen LogP contribution in [0.4, 0.5) is 10.1 Å². The minimum atomic E-state index is -0.182. The molecule has 1 fully saturated rings. The molecule has 1 saturated heterocycles. The number of guanidine groups is 1. The molecule has 25 heavy (non-hydrogen) atoms. The summed E-state index contributed by atoms with van der Waals surface area (Å²) in [6.45, 7) is 4.58. The number of rotatable bonds is 4. The highest BCUT2D eigenvalue weighted by Gasteiger charge is 2.19. The van der Waals surface area contributed by atoms with Crippen molar-refractivity contribution in [3.05, 3.63) is 66.0 Å². The van der Waals surface area contributed by atoms with Crippen LogP contribution >= 0.6 is 0 Å². The molecular weight excluding hydrogens is 315 g/mol. The van der Waals surface area contributed by atoms with Crippen LogP contribution < -0.4 is 10.2 Å². The number of nitrogens with zero attached hydrogens (tertiary/aromatic N) is 3. The van der Waals surface area contributed by atoms with Gasteiger partial charge < -0.3 is 15.1 Å². The molecule has 0 unspecified atom stereocenters. The molecule has 0 radical (unpaired) electrons. The first-order chi connectivity index (χ1) is 12.3. The first-order valence-corrected chi connectivity index (χ1v) is 8.76. The summed E-state index contributed by atoms with van der Waals surface area (Å²) in [5.74, 6) is 0.739. The Bertz CT molecular complexity index is 694. The molecule has 132 valence electrons. The molecule has 1 heterocycles. The lowest BCUT2D eigenvalue weighted by molar-refractivity contribution is 0.373. The summed E-state index contributed by atoms with van der Waals surface area (Å²) in [6, 6.07) is 17.3. The van der Waals surface area contributed by atoms with E-state index in [0.29, 0.717) is 0 Å². The van der Waals surface area contributed by atoms with Crippen molar-refractivity contribution in [3.8, 4) is 0 Å². The van der Waals surface area contributed by atoms with Crippen molar-refractivity contribution in [1.82, 2.24) is 10.2 Å². The molecule has 0 aromatic heterocycles. The molecule has 1 N–H and O–H groups in total. The van der Waals surface area contributed by atoms with Crippen molar-refractivity contribution in [2.75, 3.05) is 44.7 Å². The van der Waals surface area contributed by atoms with E-state index in [1.165, 1.54) is 11.8 Å². The Kier molecular flexibility index (Phi) is 5.88. The molecule has 0 atom stereocenters. The molecule has 4 nitrogen and oxygen atoms in total. The highest BCUT2D eigenvalue weighted by Crippen LogP contribution is 2.15. The summed E-state index contributed by atoms with van der Waals surface area (Å²) in [4.78, 5) is 9.08. The van der Waals surface area contributed by atoms with Gasteiger partial charge in [0.05, 0.1) is 0 Å². The number of aliphatic imine (C=N–C) groups is 1. The van der Waals surface area contributed by atoms with Crippen LogP contribution in [0, 0.1) is 5.82 Å². The molecule has 0 saturated carbocycles. The average Bonchev–Trinajstić information content (AvgIpc) is 2.66. The molecule has 1 aliphatic rings. The van der Waals surface area contributed by atoms with Crippen molar-refractivity contribution < 1.29 is 4.39 Å². The van der Waals surface area contributed by atoms with Crippen molar-refractivity contribution in [2.45, 2.75) is 6.42 Å².